The molecular formula is C30H30N6O5. The zero-order valence-electron chi connectivity index (χ0n) is 22.5. The van der Waals surface area contributed by atoms with Gasteiger partial charge < -0.3 is 29.3 Å². The number of nitrogens with zero attached hydrogens (tertiary/aromatic N) is 5. The molecular weight excluding hydrogens is 524 g/mol. The fourth-order valence-electron chi connectivity index (χ4n) is 5.85. The molecule has 2 saturated heterocycles. The highest BCUT2D eigenvalue weighted by Crippen LogP contribution is 2.45. The van der Waals surface area contributed by atoms with Crippen molar-refractivity contribution in [2.24, 2.45) is 0 Å². The number of carbonyl (C=O) groups excluding carboxylic acids is 2. The summed E-state index contributed by atoms with van der Waals surface area (Å²) in [6.07, 6.45) is 5.92. The van der Waals surface area contributed by atoms with Crippen molar-refractivity contribution in [2.45, 2.75) is 25.0 Å². The minimum absolute atomic E-state index is 0.235. The lowest BCUT2D eigenvalue weighted by molar-refractivity contribution is 0.0789. The van der Waals surface area contributed by atoms with E-state index in [4.69, 9.17) is 14.2 Å². The van der Waals surface area contributed by atoms with E-state index >= 15 is 0 Å². The quantitative estimate of drug-likeness (QED) is 0.399. The summed E-state index contributed by atoms with van der Waals surface area (Å²) in [5.74, 6) is 0.497. The molecule has 7 rings (SSSR count). The predicted octanol–water partition coefficient (Wildman–Crippen LogP) is 3.53. The second-order valence-electron chi connectivity index (χ2n) is 10.7. The summed E-state index contributed by atoms with van der Waals surface area (Å²) in [6, 6.07) is 15.4. The molecule has 3 aliphatic rings. The molecule has 41 heavy (non-hydrogen) atoms. The van der Waals surface area contributed by atoms with Crippen LogP contribution in [0, 0.1) is 0 Å². The maximum absolute atomic E-state index is 13.4. The molecule has 1 N–H and O–H groups in total. The zero-order chi connectivity index (χ0) is 27.8. The minimum atomic E-state index is -0.522. The van der Waals surface area contributed by atoms with E-state index in [1.165, 1.54) is 6.20 Å². The highest BCUT2D eigenvalue weighted by molar-refractivity contribution is 6.09. The number of rotatable bonds is 5. The maximum atomic E-state index is 13.4. The van der Waals surface area contributed by atoms with Crippen LogP contribution in [0.1, 0.15) is 27.9 Å². The van der Waals surface area contributed by atoms with E-state index < -0.39 is 5.60 Å². The van der Waals surface area contributed by atoms with Gasteiger partial charge in [0.05, 0.1) is 37.3 Å². The Morgan fingerprint density at radius 3 is 2.78 bits per heavy atom. The summed E-state index contributed by atoms with van der Waals surface area (Å²) in [4.78, 5) is 34.5. The average molecular weight is 555 g/mol. The smallest absolute Gasteiger partial charge is 0.410 e. The molecule has 3 aliphatic heterocycles. The molecule has 5 heterocycles. The van der Waals surface area contributed by atoms with Crippen LogP contribution < -0.4 is 15.0 Å². The van der Waals surface area contributed by atoms with E-state index in [0.29, 0.717) is 69.1 Å². The molecule has 2 aromatic carbocycles. The van der Waals surface area contributed by atoms with Gasteiger partial charge in [-0.25, -0.2) is 14.3 Å². The number of nitrogens with one attached hydrogen (secondary N) is 1. The Labute approximate surface area is 236 Å². The van der Waals surface area contributed by atoms with Gasteiger partial charge in [0.2, 0.25) is 0 Å². The Kier molecular flexibility index (Phi) is 6.43. The van der Waals surface area contributed by atoms with E-state index in [9.17, 15) is 9.59 Å². The van der Waals surface area contributed by atoms with Crippen LogP contribution in [0.5, 0.6) is 5.75 Å². The van der Waals surface area contributed by atoms with Gasteiger partial charge in [0, 0.05) is 56.5 Å². The number of hydrogen-bond donors (Lipinski definition) is 1. The number of anilines is 2. The first-order valence-electron chi connectivity index (χ1n) is 13.8. The predicted molar refractivity (Wildman–Crippen MR) is 150 cm³/mol. The first kappa shape index (κ1) is 25.3. The average Bonchev–Trinajstić information content (AvgIpc) is 3.72. The molecule has 2 fully saturated rings. The van der Waals surface area contributed by atoms with Crippen molar-refractivity contribution in [3.63, 3.8) is 0 Å². The third-order valence-electron chi connectivity index (χ3n) is 7.92. The van der Waals surface area contributed by atoms with Gasteiger partial charge in [-0.05, 0) is 17.7 Å². The van der Waals surface area contributed by atoms with Crippen LogP contribution in [0.15, 0.2) is 67.1 Å². The Balaban J connectivity index is 1.11. The molecule has 0 bridgehead atoms. The van der Waals surface area contributed by atoms with Crippen LogP contribution in [0.3, 0.4) is 0 Å². The molecule has 0 radical (unpaired) electrons. The first-order valence-corrected chi connectivity index (χ1v) is 13.8. The maximum Gasteiger partial charge on any atom is 0.410 e. The van der Waals surface area contributed by atoms with Gasteiger partial charge in [0.15, 0.2) is 5.65 Å². The molecule has 1 atom stereocenters. The van der Waals surface area contributed by atoms with Crippen molar-refractivity contribution in [2.75, 3.05) is 49.6 Å². The van der Waals surface area contributed by atoms with Crippen LogP contribution in [0.25, 0.3) is 5.65 Å². The van der Waals surface area contributed by atoms with Crippen LogP contribution in [-0.4, -0.2) is 76.5 Å². The molecule has 2 aromatic heterocycles. The van der Waals surface area contributed by atoms with Crippen LogP contribution in [-0.2, 0) is 22.5 Å². The van der Waals surface area contributed by atoms with Crippen LogP contribution in [0.2, 0.25) is 0 Å². The van der Waals surface area contributed by atoms with Crippen molar-refractivity contribution in [3.05, 3.63) is 83.8 Å². The first-order chi connectivity index (χ1) is 20.1. The molecule has 11 heteroatoms. The van der Waals surface area contributed by atoms with Gasteiger partial charge in [-0.1, -0.05) is 30.3 Å². The van der Waals surface area contributed by atoms with Crippen LogP contribution in [0.4, 0.5) is 16.2 Å². The van der Waals surface area contributed by atoms with Gasteiger partial charge in [0.1, 0.15) is 23.5 Å². The Morgan fingerprint density at radius 1 is 1.07 bits per heavy atom. The molecule has 2 amide bonds. The van der Waals surface area contributed by atoms with Crippen LogP contribution >= 0.6 is 0 Å². The third kappa shape index (κ3) is 4.93. The lowest BCUT2D eigenvalue weighted by atomic mass is 9.96. The summed E-state index contributed by atoms with van der Waals surface area (Å²) in [6.45, 7) is 3.85. The number of likely N-dealkylation sites (tertiary alicyclic amines) is 1. The summed E-state index contributed by atoms with van der Waals surface area (Å²) < 4.78 is 19.3. The minimum Gasteiger partial charge on any atom is -0.485 e. The second-order valence-corrected chi connectivity index (χ2v) is 10.7. The highest BCUT2D eigenvalue weighted by Gasteiger charge is 2.47. The molecule has 210 valence electrons. The molecule has 1 unspecified atom stereocenters. The van der Waals surface area contributed by atoms with Crippen molar-refractivity contribution in [3.8, 4) is 5.75 Å². The number of carbonyl (C=O) groups is 2. The monoisotopic (exact) mass is 554 g/mol. The molecule has 4 aromatic rings. The lowest BCUT2D eigenvalue weighted by Gasteiger charge is -2.31. The number of fused-ring (bicyclic) bond motifs is 2. The Morgan fingerprint density at radius 2 is 1.93 bits per heavy atom. The van der Waals surface area contributed by atoms with Crippen molar-refractivity contribution >= 4 is 29.0 Å². The van der Waals surface area contributed by atoms with Gasteiger partial charge in [-0.2, -0.15) is 5.10 Å². The summed E-state index contributed by atoms with van der Waals surface area (Å²) in [5.41, 5.74) is 3.88. The number of hydrogen-bond acceptors (Lipinski definition) is 8. The van der Waals surface area contributed by atoms with E-state index in [1.807, 2.05) is 42.5 Å². The fraction of sp³-hybridized carbons (Fsp3) is 0.333. The topological polar surface area (TPSA) is 111 Å². The number of benzene rings is 2. The molecule has 0 aliphatic carbocycles. The van der Waals surface area contributed by atoms with E-state index in [-0.39, 0.29) is 18.6 Å². The highest BCUT2D eigenvalue weighted by atomic mass is 16.6. The largest absolute Gasteiger partial charge is 0.485 e. The SMILES string of the molecule is O=C(Nc1cc2c(cc1N1CCOCC1)OC1(CCN(C(=O)OCc3ccccc3)C1)C2)c1cnn2cccnc12. The second kappa shape index (κ2) is 10.4. The van der Waals surface area contributed by atoms with E-state index in [1.54, 1.807) is 27.9 Å². The van der Waals surface area contributed by atoms with Gasteiger partial charge in [0.25, 0.3) is 5.91 Å². The van der Waals surface area contributed by atoms with Crippen molar-refractivity contribution in [1.82, 2.24) is 19.5 Å². The third-order valence-corrected chi connectivity index (χ3v) is 7.92. The fourth-order valence-corrected chi connectivity index (χ4v) is 5.85. The normalized spacial score (nSPS) is 19.8. The summed E-state index contributed by atoms with van der Waals surface area (Å²) in [5, 5.41) is 7.37. The number of amides is 2. The van der Waals surface area contributed by atoms with Crippen molar-refractivity contribution in [1.29, 1.82) is 0 Å². The lowest BCUT2D eigenvalue weighted by Crippen LogP contribution is -2.39. The van der Waals surface area contributed by atoms with E-state index in [0.717, 1.165) is 22.6 Å². The number of morpholine rings is 1. The Bertz CT molecular complexity index is 1600. The summed E-state index contributed by atoms with van der Waals surface area (Å²) in [7, 11) is 0. The molecule has 11 nitrogen and oxygen atoms in total. The standard InChI is InChI=1S/C30H30N6O5/c37-28(23-18-32-36-9-4-8-31-27(23)36)33-24-15-22-17-30(41-26(22)16-25(24)34-11-13-39-14-12-34)7-10-35(20-30)29(38)40-19-21-5-2-1-3-6-21/h1-6,8-9,15-16,18H,7,10-14,17,19-20H2,(H,33,37). The number of aromatic nitrogens is 3. The molecule has 0 saturated carbocycles. The molecule has 1 spiro atoms. The zero-order valence-corrected chi connectivity index (χ0v) is 22.5. The Hall–Kier alpha value is -4.64. The van der Waals surface area contributed by atoms with E-state index in [2.05, 4.69) is 20.3 Å². The van der Waals surface area contributed by atoms with Gasteiger partial charge >= 0.3 is 6.09 Å². The van der Waals surface area contributed by atoms with Gasteiger partial charge in [-0.3, -0.25) is 4.79 Å². The van der Waals surface area contributed by atoms with Gasteiger partial charge in [-0.15, -0.1) is 0 Å². The van der Waals surface area contributed by atoms with Crippen molar-refractivity contribution < 1.29 is 23.8 Å². The number of ether oxygens (including phenoxy) is 3. The summed E-state index contributed by atoms with van der Waals surface area (Å²) >= 11 is 0.